The molecule has 1 rings (SSSR count). The van der Waals surface area contributed by atoms with Crippen molar-refractivity contribution in [3.05, 3.63) is 42.0 Å². The van der Waals surface area contributed by atoms with Crippen LogP contribution in [0.5, 0.6) is 0 Å². The van der Waals surface area contributed by atoms with Gasteiger partial charge in [-0.05, 0) is 49.3 Å². The molecule has 0 saturated heterocycles. The SMILES string of the molecule is C=CC(=O)N[C@H](NC(=S)Nc1cc(C)ccc1C)C(Cl)(Cl)Cl. The van der Waals surface area contributed by atoms with Gasteiger partial charge in [-0.15, -0.1) is 0 Å². The van der Waals surface area contributed by atoms with Crippen LogP contribution in [0.3, 0.4) is 0 Å². The van der Waals surface area contributed by atoms with Crippen molar-refractivity contribution in [2.45, 2.75) is 23.8 Å². The first-order valence-electron chi connectivity index (χ1n) is 6.28. The Bertz CT molecular complexity index is 587. The van der Waals surface area contributed by atoms with E-state index in [9.17, 15) is 4.79 Å². The Morgan fingerprint density at radius 2 is 1.95 bits per heavy atom. The predicted molar refractivity (Wildman–Crippen MR) is 97.7 cm³/mol. The molecular formula is C14H16Cl3N3OS. The number of amides is 1. The first-order valence-corrected chi connectivity index (χ1v) is 7.82. The Morgan fingerprint density at radius 3 is 2.50 bits per heavy atom. The van der Waals surface area contributed by atoms with Gasteiger partial charge < -0.3 is 16.0 Å². The average molecular weight is 381 g/mol. The Labute approximate surface area is 150 Å². The lowest BCUT2D eigenvalue weighted by Gasteiger charge is -2.27. The Morgan fingerprint density at radius 1 is 1.32 bits per heavy atom. The molecule has 0 aromatic heterocycles. The van der Waals surface area contributed by atoms with Crippen LogP contribution in [0.1, 0.15) is 11.1 Å². The molecule has 0 aliphatic carbocycles. The summed E-state index contributed by atoms with van der Waals surface area (Å²) in [5.74, 6) is -0.488. The molecule has 0 unspecified atom stereocenters. The molecule has 1 aromatic rings. The van der Waals surface area contributed by atoms with Gasteiger partial charge in [-0.1, -0.05) is 53.5 Å². The van der Waals surface area contributed by atoms with Crippen LogP contribution < -0.4 is 16.0 Å². The zero-order chi connectivity index (χ0) is 16.9. The zero-order valence-corrected chi connectivity index (χ0v) is 15.1. The van der Waals surface area contributed by atoms with Crippen molar-refractivity contribution in [3.8, 4) is 0 Å². The van der Waals surface area contributed by atoms with Crippen molar-refractivity contribution in [1.82, 2.24) is 10.6 Å². The lowest BCUT2D eigenvalue weighted by Crippen LogP contribution is -2.55. The maximum atomic E-state index is 11.4. The number of aryl methyl sites for hydroxylation is 2. The van der Waals surface area contributed by atoms with Gasteiger partial charge in [-0.2, -0.15) is 0 Å². The topological polar surface area (TPSA) is 53.2 Å². The number of alkyl halides is 3. The number of carbonyl (C=O) groups excluding carboxylic acids is 1. The molecule has 1 amide bonds. The van der Waals surface area contributed by atoms with E-state index in [1.54, 1.807) is 0 Å². The zero-order valence-electron chi connectivity index (χ0n) is 12.0. The standard InChI is InChI=1S/C14H16Cl3N3OS/c1-4-11(21)19-12(14(15,16)17)20-13(22)18-10-7-8(2)5-6-9(10)3/h4-7,12H,1H2,2-3H3,(H,19,21)(H2,18,20,22)/t12-/m1/s1. The van der Waals surface area contributed by atoms with E-state index in [0.717, 1.165) is 22.9 Å². The third-order valence-electron chi connectivity index (χ3n) is 2.72. The number of carbonyl (C=O) groups is 1. The molecule has 0 heterocycles. The van der Waals surface area contributed by atoms with E-state index < -0.39 is 15.9 Å². The summed E-state index contributed by atoms with van der Waals surface area (Å²) in [5, 5.41) is 8.45. The van der Waals surface area contributed by atoms with Gasteiger partial charge in [0, 0.05) is 5.69 Å². The van der Waals surface area contributed by atoms with E-state index in [1.807, 2.05) is 32.0 Å². The molecule has 0 saturated carbocycles. The highest BCUT2D eigenvalue weighted by Gasteiger charge is 2.34. The van der Waals surface area contributed by atoms with Gasteiger partial charge in [0.2, 0.25) is 9.70 Å². The number of hydrogen-bond donors (Lipinski definition) is 3. The van der Waals surface area contributed by atoms with Crippen LogP contribution in [0, 0.1) is 13.8 Å². The van der Waals surface area contributed by atoms with E-state index in [0.29, 0.717) is 0 Å². The lowest BCUT2D eigenvalue weighted by atomic mass is 10.1. The number of rotatable bonds is 4. The van der Waals surface area contributed by atoms with E-state index in [4.69, 9.17) is 47.0 Å². The summed E-state index contributed by atoms with van der Waals surface area (Å²) in [4.78, 5) is 11.4. The summed E-state index contributed by atoms with van der Waals surface area (Å²) in [6.07, 6.45) is 0.0693. The van der Waals surface area contributed by atoms with E-state index >= 15 is 0 Å². The number of benzene rings is 1. The third-order valence-corrected chi connectivity index (χ3v) is 3.59. The third kappa shape index (κ3) is 6.01. The average Bonchev–Trinajstić information content (AvgIpc) is 2.41. The highest BCUT2D eigenvalue weighted by atomic mass is 35.6. The second-order valence-corrected chi connectivity index (χ2v) is 7.38. The van der Waals surface area contributed by atoms with Crippen molar-refractivity contribution in [2.75, 3.05) is 5.32 Å². The van der Waals surface area contributed by atoms with Crippen molar-refractivity contribution in [1.29, 1.82) is 0 Å². The number of halogens is 3. The number of anilines is 1. The van der Waals surface area contributed by atoms with Crippen molar-refractivity contribution in [2.24, 2.45) is 0 Å². The molecule has 8 heteroatoms. The van der Waals surface area contributed by atoms with Crippen LogP contribution in [0.25, 0.3) is 0 Å². The smallest absolute Gasteiger partial charge is 0.245 e. The van der Waals surface area contributed by atoms with Gasteiger partial charge in [0.1, 0.15) is 6.17 Å². The molecule has 4 nitrogen and oxygen atoms in total. The lowest BCUT2D eigenvalue weighted by molar-refractivity contribution is -0.117. The van der Waals surface area contributed by atoms with Crippen LogP contribution in [0.15, 0.2) is 30.9 Å². The quantitative estimate of drug-likeness (QED) is 0.323. The number of thiocarbonyl (C=S) groups is 1. The second-order valence-electron chi connectivity index (χ2n) is 4.60. The maximum Gasteiger partial charge on any atom is 0.245 e. The molecule has 120 valence electrons. The molecule has 22 heavy (non-hydrogen) atoms. The fourth-order valence-electron chi connectivity index (χ4n) is 1.56. The van der Waals surface area contributed by atoms with Gasteiger partial charge in [-0.25, -0.2) is 0 Å². The normalized spacial score (nSPS) is 12.2. The van der Waals surface area contributed by atoms with Crippen molar-refractivity contribution >= 4 is 63.7 Å². The highest BCUT2D eigenvalue weighted by Crippen LogP contribution is 2.29. The van der Waals surface area contributed by atoms with E-state index in [2.05, 4.69) is 22.5 Å². The molecule has 0 spiro atoms. The molecule has 1 aromatic carbocycles. The Balaban J connectivity index is 2.81. The molecule has 0 bridgehead atoms. The molecule has 1 atom stereocenters. The predicted octanol–water partition coefficient (Wildman–Crippen LogP) is 3.59. The van der Waals surface area contributed by atoms with Crippen molar-refractivity contribution in [3.63, 3.8) is 0 Å². The molecule has 0 radical (unpaired) electrons. The fourth-order valence-corrected chi connectivity index (χ4v) is 2.12. The summed E-state index contributed by atoms with van der Waals surface area (Å²) >= 11 is 22.7. The minimum atomic E-state index is -1.79. The summed E-state index contributed by atoms with van der Waals surface area (Å²) < 4.78 is -1.79. The maximum absolute atomic E-state index is 11.4. The first kappa shape index (κ1) is 19.0. The largest absolute Gasteiger partial charge is 0.339 e. The molecular weight excluding hydrogens is 365 g/mol. The van der Waals surface area contributed by atoms with Crippen LogP contribution in [-0.4, -0.2) is 21.0 Å². The van der Waals surface area contributed by atoms with Crippen molar-refractivity contribution < 1.29 is 4.79 Å². The fraction of sp³-hybridized carbons (Fsp3) is 0.286. The molecule has 0 aliphatic rings. The highest BCUT2D eigenvalue weighted by molar-refractivity contribution is 7.80. The number of hydrogen-bond acceptors (Lipinski definition) is 2. The Hall–Kier alpha value is -1.01. The molecule has 0 fully saturated rings. The summed E-state index contributed by atoms with van der Waals surface area (Å²) in [6, 6.07) is 5.90. The van der Waals surface area contributed by atoms with Gasteiger partial charge in [0.15, 0.2) is 5.11 Å². The van der Waals surface area contributed by atoms with Gasteiger partial charge in [-0.3, -0.25) is 4.79 Å². The van der Waals surface area contributed by atoms with Gasteiger partial charge >= 0.3 is 0 Å². The summed E-state index contributed by atoms with van der Waals surface area (Å²) in [6.45, 7) is 7.25. The van der Waals surface area contributed by atoms with Gasteiger partial charge in [0.25, 0.3) is 0 Å². The summed E-state index contributed by atoms with van der Waals surface area (Å²) in [7, 11) is 0. The van der Waals surface area contributed by atoms with Crippen LogP contribution >= 0.6 is 47.0 Å². The molecule has 0 aliphatic heterocycles. The first-order chi connectivity index (χ1) is 10.1. The monoisotopic (exact) mass is 379 g/mol. The van der Waals surface area contributed by atoms with Crippen LogP contribution in [0.4, 0.5) is 5.69 Å². The Kier molecular flexibility index (Phi) is 6.94. The minimum absolute atomic E-state index is 0.217. The van der Waals surface area contributed by atoms with Gasteiger partial charge in [0.05, 0.1) is 0 Å². The minimum Gasteiger partial charge on any atom is -0.339 e. The number of nitrogens with one attached hydrogen (secondary N) is 3. The molecule has 3 N–H and O–H groups in total. The van der Waals surface area contributed by atoms with E-state index in [-0.39, 0.29) is 5.11 Å². The summed E-state index contributed by atoms with van der Waals surface area (Å²) in [5.41, 5.74) is 2.92. The van der Waals surface area contributed by atoms with Crippen LogP contribution in [0.2, 0.25) is 0 Å². The van der Waals surface area contributed by atoms with E-state index in [1.165, 1.54) is 0 Å². The van der Waals surface area contributed by atoms with Crippen LogP contribution in [-0.2, 0) is 4.79 Å². The second kappa shape index (κ2) is 8.02.